The molecule has 2 aromatic rings. The van der Waals surface area contributed by atoms with Crippen molar-refractivity contribution < 1.29 is 14.0 Å². The van der Waals surface area contributed by atoms with Crippen molar-refractivity contribution in [2.24, 2.45) is 0 Å². The third-order valence-corrected chi connectivity index (χ3v) is 5.93. The van der Waals surface area contributed by atoms with E-state index in [1.165, 1.54) is 0 Å². The topological polar surface area (TPSA) is 77.8 Å². The Morgan fingerprint density at radius 1 is 0.967 bits per heavy atom. The Morgan fingerprint density at radius 2 is 1.70 bits per heavy atom. The first-order valence-electron chi connectivity index (χ1n) is 10.8. The minimum atomic E-state index is -0.107. The van der Waals surface area contributed by atoms with E-state index in [-0.39, 0.29) is 17.9 Å². The summed E-state index contributed by atoms with van der Waals surface area (Å²) in [4.78, 5) is 29.8. The van der Waals surface area contributed by atoms with E-state index in [0.29, 0.717) is 17.8 Å². The van der Waals surface area contributed by atoms with Gasteiger partial charge in [-0.15, -0.1) is 0 Å². The van der Waals surface area contributed by atoms with Crippen LogP contribution in [0.5, 0.6) is 0 Å². The SMILES string of the molecule is O=C(CN1CCN(Cc2ccco2)CC1)Nc1ccccc1C(=O)NC1CCCC1. The molecule has 7 nitrogen and oxygen atoms in total. The maximum absolute atomic E-state index is 12.7. The van der Waals surface area contributed by atoms with E-state index in [2.05, 4.69) is 20.4 Å². The van der Waals surface area contributed by atoms with Crippen LogP contribution < -0.4 is 10.6 Å². The van der Waals surface area contributed by atoms with Crippen LogP contribution in [0.15, 0.2) is 47.1 Å². The summed E-state index contributed by atoms with van der Waals surface area (Å²) in [6, 6.07) is 11.4. The summed E-state index contributed by atoms with van der Waals surface area (Å²) in [6.07, 6.45) is 6.09. The molecule has 1 aromatic heterocycles. The lowest BCUT2D eigenvalue weighted by Gasteiger charge is -2.33. The molecule has 0 spiro atoms. The molecule has 2 amide bonds. The lowest BCUT2D eigenvalue weighted by atomic mass is 10.1. The van der Waals surface area contributed by atoms with Gasteiger partial charge in [0, 0.05) is 32.2 Å². The molecule has 7 heteroatoms. The number of nitrogens with zero attached hydrogens (tertiary/aromatic N) is 2. The highest BCUT2D eigenvalue weighted by Crippen LogP contribution is 2.20. The first kappa shape index (κ1) is 20.6. The van der Waals surface area contributed by atoms with Crippen molar-refractivity contribution in [1.29, 1.82) is 0 Å². The molecule has 2 fully saturated rings. The number of carbonyl (C=O) groups excluding carboxylic acids is 2. The molecular weight excluding hydrogens is 380 g/mol. The van der Waals surface area contributed by atoms with Crippen molar-refractivity contribution in [1.82, 2.24) is 15.1 Å². The summed E-state index contributed by atoms with van der Waals surface area (Å²) in [5.41, 5.74) is 1.11. The molecule has 1 aliphatic heterocycles. The van der Waals surface area contributed by atoms with Crippen molar-refractivity contribution in [2.45, 2.75) is 38.3 Å². The van der Waals surface area contributed by atoms with Crippen molar-refractivity contribution >= 4 is 17.5 Å². The Hall–Kier alpha value is -2.64. The van der Waals surface area contributed by atoms with Crippen LogP contribution in [0.3, 0.4) is 0 Å². The van der Waals surface area contributed by atoms with Crippen LogP contribution in [-0.4, -0.2) is 60.4 Å². The monoisotopic (exact) mass is 410 g/mol. The predicted molar refractivity (Wildman–Crippen MR) is 115 cm³/mol. The fourth-order valence-electron chi connectivity index (χ4n) is 4.24. The summed E-state index contributed by atoms with van der Waals surface area (Å²) < 4.78 is 5.41. The normalized spacial score (nSPS) is 18.4. The van der Waals surface area contributed by atoms with Gasteiger partial charge in [-0.25, -0.2) is 0 Å². The standard InChI is InChI=1S/C23H30N4O3/c28-22(17-27-13-11-26(12-14-27)16-19-8-5-15-30-19)25-21-10-4-3-9-20(21)23(29)24-18-6-1-2-7-18/h3-5,8-10,15,18H,1-2,6-7,11-14,16-17H2,(H,24,29)(H,25,28). The minimum absolute atomic E-state index is 0.0874. The van der Waals surface area contributed by atoms with Crippen LogP contribution in [-0.2, 0) is 11.3 Å². The Morgan fingerprint density at radius 3 is 2.43 bits per heavy atom. The highest BCUT2D eigenvalue weighted by molar-refractivity contribution is 6.04. The number of rotatable bonds is 7. The van der Waals surface area contributed by atoms with E-state index in [4.69, 9.17) is 4.42 Å². The highest BCUT2D eigenvalue weighted by atomic mass is 16.3. The van der Waals surface area contributed by atoms with Gasteiger partial charge in [-0.1, -0.05) is 25.0 Å². The molecular formula is C23H30N4O3. The molecule has 160 valence electrons. The average molecular weight is 411 g/mol. The van der Waals surface area contributed by atoms with Crippen molar-refractivity contribution in [3.63, 3.8) is 0 Å². The zero-order valence-corrected chi connectivity index (χ0v) is 17.3. The summed E-state index contributed by atoms with van der Waals surface area (Å²) in [6.45, 7) is 4.59. The van der Waals surface area contributed by atoms with Gasteiger partial charge in [-0.05, 0) is 37.1 Å². The van der Waals surface area contributed by atoms with Crippen LogP contribution in [0.2, 0.25) is 0 Å². The zero-order chi connectivity index (χ0) is 20.8. The molecule has 2 N–H and O–H groups in total. The predicted octanol–water partition coefficient (Wildman–Crippen LogP) is 2.71. The van der Waals surface area contributed by atoms with Crippen LogP contribution >= 0.6 is 0 Å². The number of hydrogen-bond donors (Lipinski definition) is 2. The summed E-state index contributed by atoms with van der Waals surface area (Å²) in [7, 11) is 0. The summed E-state index contributed by atoms with van der Waals surface area (Å²) in [5, 5.41) is 6.04. The fraction of sp³-hybridized carbons (Fsp3) is 0.478. The van der Waals surface area contributed by atoms with Gasteiger partial charge in [0.25, 0.3) is 5.91 Å². The van der Waals surface area contributed by atoms with E-state index in [1.54, 1.807) is 18.4 Å². The molecule has 1 saturated heterocycles. The second kappa shape index (κ2) is 9.91. The number of furan rings is 1. The van der Waals surface area contributed by atoms with Gasteiger partial charge >= 0.3 is 0 Å². The van der Waals surface area contributed by atoms with Crippen molar-refractivity contribution in [2.75, 3.05) is 38.0 Å². The highest BCUT2D eigenvalue weighted by Gasteiger charge is 2.22. The summed E-state index contributed by atoms with van der Waals surface area (Å²) >= 11 is 0. The second-order valence-electron chi connectivity index (χ2n) is 8.18. The van der Waals surface area contributed by atoms with Crippen molar-refractivity contribution in [3.05, 3.63) is 54.0 Å². The number of hydrogen-bond acceptors (Lipinski definition) is 5. The number of piperazine rings is 1. The number of amides is 2. The van der Waals surface area contributed by atoms with Gasteiger partial charge in [0.1, 0.15) is 5.76 Å². The molecule has 2 heterocycles. The lowest BCUT2D eigenvalue weighted by Crippen LogP contribution is -2.48. The Labute approximate surface area is 177 Å². The molecule has 0 bridgehead atoms. The maximum Gasteiger partial charge on any atom is 0.253 e. The van der Waals surface area contributed by atoms with Crippen LogP contribution in [0, 0.1) is 0 Å². The lowest BCUT2D eigenvalue weighted by molar-refractivity contribution is -0.117. The van der Waals surface area contributed by atoms with Gasteiger partial charge in [0.15, 0.2) is 0 Å². The van der Waals surface area contributed by atoms with Gasteiger partial charge < -0.3 is 15.1 Å². The van der Waals surface area contributed by atoms with Gasteiger partial charge in [0.2, 0.25) is 5.91 Å². The van der Waals surface area contributed by atoms with E-state index >= 15 is 0 Å². The van der Waals surface area contributed by atoms with E-state index < -0.39 is 0 Å². The first-order valence-corrected chi connectivity index (χ1v) is 10.8. The van der Waals surface area contributed by atoms with E-state index in [9.17, 15) is 9.59 Å². The number of nitrogens with one attached hydrogen (secondary N) is 2. The third-order valence-electron chi connectivity index (χ3n) is 5.93. The van der Waals surface area contributed by atoms with Gasteiger partial charge in [-0.2, -0.15) is 0 Å². The van der Waals surface area contributed by atoms with Gasteiger partial charge in [-0.3, -0.25) is 19.4 Å². The smallest absolute Gasteiger partial charge is 0.253 e. The van der Waals surface area contributed by atoms with E-state index in [1.807, 2.05) is 24.3 Å². The quantitative estimate of drug-likeness (QED) is 0.734. The minimum Gasteiger partial charge on any atom is -0.468 e. The maximum atomic E-state index is 12.7. The fourth-order valence-corrected chi connectivity index (χ4v) is 4.24. The van der Waals surface area contributed by atoms with Crippen LogP contribution in [0.1, 0.15) is 41.8 Å². The number of carbonyl (C=O) groups is 2. The van der Waals surface area contributed by atoms with Crippen molar-refractivity contribution in [3.8, 4) is 0 Å². The third kappa shape index (κ3) is 5.49. The zero-order valence-electron chi connectivity index (χ0n) is 17.3. The number of anilines is 1. The molecule has 4 rings (SSSR count). The molecule has 0 atom stereocenters. The van der Waals surface area contributed by atoms with E-state index in [0.717, 1.165) is 64.2 Å². The van der Waals surface area contributed by atoms with Crippen LogP contribution in [0.4, 0.5) is 5.69 Å². The first-order chi connectivity index (χ1) is 14.7. The largest absolute Gasteiger partial charge is 0.468 e. The molecule has 1 saturated carbocycles. The molecule has 0 unspecified atom stereocenters. The van der Waals surface area contributed by atoms with Gasteiger partial charge in [0.05, 0.1) is 30.6 Å². The molecule has 30 heavy (non-hydrogen) atoms. The summed E-state index contributed by atoms with van der Waals surface area (Å²) in [5.74, 6) is 0.772. The Kier molecular flexibility index (Phi) is 6.81. The van der Waals surface area contributed by atoms with Crippen LogP contribution in [0.25, 0.3) is 0 Å². The average Bonchev–Trinajstić information content (AvgIpc) is 3.44. The number of para-hydroxylation sites is 1. The number of benzene rings is 1. The molecule has 1 aromatic carbocycles. The second-order valence-corrected chi connectivity index (χ2v) is 8.18. The molecule has 0 radical (unpaired) electrons. The Balaban J connectivity index is 1.26. The Bertz CT molecular complexity index is 838. The molecule has 1 aliphatic carbocycles. The molecule has 2 aliphatic rings.